The minimum atomic E-state index is 0.212. The molecule has 0 nitrogen and oxygen atoms in total. The van der Waals surface area contributed by atoms with Gasteiger partial charge in [0.05, 0.1) is 0 Å². The van der Waals surface area contributed by atoms with Crippen LogP contribution in [0.2, 0.25) is 0 Å². The van der Waals surface area contributed by atoms with Crippen molar-refractivity contribution in [2.24, 2.45) is 5.41 Å². The third kappa shape index (κ3) is 6.23. The van der Waals surface area contributed by atoms with Gasteiger partial charge in [-0.05, 0) is 41.4 Å². The molecule has 0 atom stereocenters. The van der Waals surface area contributed by atoms with Crippen molar-refractivity contribution in [3.63, 3.8) is 0 Å². The zero-order valence-corrected chi connectivity index (χ0v) is 15.8. The van der Waals surface area contributed by atoms with E-state index in [1.54, 1.807) is 0 Å². The highest BCUT2D eigenvalue weighted by Gasteiger charge is 2.25. The standard InChI is InChI=1S/C23H24.C2H6/c1-23(17-20-11-5-2-6-12-20,18-21-13-7-3-8-14-21)19-22-15-9-4-10-16-22;1-2/h2-16H,17-19H2,1H3;1-2H3. The Morgan fingerprint density at radius 3 is 0.960 bits per heavy atom. The van der Waals surface area contributed by atoms with Crippen LogP contribution in [-0.4, -0.2) is 0 Å². The van der Waals surface area contributed by atoms with Gasteiger partial charge in [0, 0.05) is 0 Å². The summed E-state index contributed by atoms with van der Waals surface area (Å²) in [5.41, 5.74) is 4.47. The first kappa shape index (κ1) is 19.0. The molecule has 0 aliphatic carbocycles. The summed E-state index contributed by atoms with van der Waals surface area (Å²) in [6.45, 7) is 6.42. The molecule has 0 bridgehead atoms. The van der Waals surface area contributed by atoms with Crippen molar-refractivity contribution in [2.75, 3.05) is 0 Å². The van der Waals surface area contributed by atoms with Crippen molar-refractivity contribution in [1.29, 1.82) is 0 Å². The first-order valence-electron chi connectivity index (χ1n) is 9.35. The molecule has 25 heavy (non-hydrogen) atoms. The molecule has 0 fully saturated rings. The Hall–Kier alpha value is -2.34. The summed E-state index contributed by atoms with van der Waals surface area (Å²) in [6, 6.07) is 32.6. The maximum absolute atomic E-state index is 2.42. The molecule has 3 rings (SSSR count). The van der Waals surface area contributed by atoms with Crippen molar-refractivity contribution < 1.29 is 0 Å². The van der Waals surface area contributed by atoms with Crippen molar-refractivity contribution in [1.82, 2.24) is 0 Å². The lowest BCUT2D eigenvalue weighted by molar-refractivity contribution is 0.316. The van der Waals surface area contributed by atoms with E-state index >= 15 is 0 Å². The first-order valence-corrected chi connectivity index (χ1v) is 9.35. The smallest absolute Gasteiger partial charge is 0.0205 e. The van der Waals surface area contributed by atoms with Gasteiger partial charge in [-0.15, -0.1) is 0 Å². The lowest BCUT2D eigenvalue weighted by atomic mass is 9.74. The zero-order chi connectivity index (χ0) is 18.0. The Morgan fingerprint density at radius 2 is 0.720 bits per heavy atom. The molecule has 0 aromatic heterocycles. The molecular weight excluding hydrogens is 300 g/mol. The van der Waals surface area contributed by atoms with Crippen LogP contribution in [0.25, 0.3) is 0 Å². The topological polar surface area (TPSA) is 0 Å². The molecule has 0 heterocycles. The lowest BCUT2D eigenvalue weighted by Crippen LogP contribution is -2.25. The second kappa shape index (κ2) is 9.84. The Kier molecular flexibility index (Phi) is 7.47. The van der Waals surface area contributed by atoms with E-state index < -0.39 is 0 Å². The van der Waals surface area contributed by atoms with Crippen LogP contribution < -0.4 is 0 Å². The molecule has 0 saturated heterocycles. The minimum Gasteiger partial charge on any atom is -0.0683 e. The Morgan fingerprint density at radius 1 is 0.480 bits per heavy atom. The van der Waals surface area contributed by atoms with E-state index in [1.165, 1.54) is 16.7 Å². The van der Waals surface area contributed by atoms with E-state index in [1.807, 2.05) is 13.8 Å². The normalized spacial score (nSPS) is 10.7. The molecule has 0 spiro atoms. The molecule has 0 N–H and O–H groups in total. The highest BCUT2D eigenvalue weighted by molar-refractivity contribution is 5.23. The molecule has 0 unspecified atom stereocenters. The molecule has 0 amide bonds. The van der Waals surface area contributed by atoms with Gasteiger partial charge in [-0.1, -0.05) is 112 Å². The summed E-state index contributed by atoms with van der Waals surface area (Å²) in [6.07, 6.45) is 3.28. The summed E-state index contributed by atoms with van der Waals surface area (Å²) >= 11 is 0. The fourth-order valence-electron chi connectivity index (χ4n) is 3.45. The molecule has 0 heteroatoms. The van der Waals surface area contributed by atoms with Crippen molar-refractivity contribution in [2.45, 2.75) is 40.0 Å². The Bertz CT molecular complexity index is 597. The predicted molar refractivity (Wildman–Crippen MR) is 110 cm³/mol. The van der Waals surface area contributed by atoms with Gasteiger partial charge in [-0.25, -0.2) is 0 Å². The van der Waals surface area contributed by atoms with Crippen LogP contribution in [0.4, 0.5) is 0 Å². The van der Waals surface area contributed by atoms with Crippen LogP contribution in [-0.2, 0) is 19.3 Å². The summed E-state index contributed by atoms with van der Waals surface area (Å²) in [4.78, 5) is 0. The van der Waals surface area contributed by atoms with E-state index in [4.69, 9.17) is 0 Å². The van der Waals surface area contributed by atoms with Crippen LogP contribution in [0.3, 0.4) is 0 Å². The molecule has 3 aromatic rings. The lowest BCUT2D eigenvalue weighted by Gasteiger charge is -2.30. The number of rotatable bonds is 6. The summed E-state index contributed by atoms with van der Waals surface area (Å²) < 4.78 is 0. The maximum Gasteiger partial charge on any atom is -0.0205 e. The van der Waals surface area contributed by atoms with E-state index in [9.17, 15) is 0 Å². The summed E-state index contributed by atoms with van der Waals surface area (Å²) in [5, 5.41) is 0. The summed E-state index contributed by atoms with van der Waals surface area (Å²) in [7, 11) is 0. The van der Waals surface area contributed by atoms with Gasteiger partial charge in [-0.2, -0.15) is 0 Å². The number of benzene rings is 3. The second-order valence-corrected chi connectivity index (χ2v) is 6.80. The Labute approximate surface area is 153 Å². The van der Waals surface area contributed by atoms with Crippen LogP contribution in [0.5, 0.6) is 0 Å². The predicted octanol–water partition coefficient (Wildman–Crippen LogP) is 6.75. The Balaban J connectivity index is 0.00000109. The fourth-order valence-corrected chi connectivity index (χ4v) is 3.45. The molecule has 130 valence electrons. The van der Waals surface area contributed by atoms with Gasteiger partial charge < -0.3 is 0 Å². The van der Waals surface area contributed by atoms with E-state index in [2.05, 4.69) is 97.9 Å². The maximum atomic E-state index is 2.42. The monoisotopic (exact) mass is 330 g/mol. The van der Waals surface area contributed by atoms with Gasteiger partial charge in [0.15, 0.2) is 0 Å². The minimum absolute atomic E-state index is 0.212. The van der Waals surface area contributed by atoms with Crippen LogP contribution in [0.15, 0.2) is 91.0 Å². The fraction of sp³-hybridized carbons (Fsp3) is 0.280. The molecule has 0 aliphatic heterocycles. The van der Waals surface area contributed by atoms with Gasteiger partial charge in [0.2, 0.25) is 0 Å². The zero-order valence-electron chi connectivity index (χ0n) is 15.8. The van der Waals surface area contributed by atoms with Crippen molar-refractivity contribution >= 4 is 0 Å². The average molecular weight is 331 g/mol. The van der Waals surface area contributed by atoms with Crippen molar-refractivity contribution in [3.05, 3.63) is 108 Å². The van der Waals surface area contributed by atoms with Crippen molar-refractivity contribution in [3.8, 4) is 0 Å². The quantitative estimate of drug-likeness (QED) is 0.469. The third-order valence-electron chi connectivity index (χ3n) is 4.42. The van der Waals surface area contributed by atoms with Crippen LogP contribution in [0, 0.1) is 5.41 Å². The first-order chi connectivity index (χ1) is 12.2. The molecule has 0 radical (unpaired) electrons. The van der Waals surface area contributed by atoms with Gasteiger partial charge in [0.25, 0.3) is 0 Å². The van der Waals surface area contributed by atoms with E-state index in [0.29, 0.717) is 0 Å². The van der Waals surface area contributed by atoms with Crippen LogP contribution in [0.1, 0.15) is 37.5 Å². The molecule has 3 aromatic carbocycles. The highest BCUT2D eigenvalue weighted by atomic mass is 14.3. The molecule has 0 aliphatic rings. The average Bonchev–Trinajstić information content (AvgIpc) is 2.65. The third-order valence-corrected chi connectivity index (χ3v) is 4.42. The SMILES string of the molecule is CC.CC(Cc1ccccc1)(Cc1ccccc1)Cc1ccccc1. The number of hydrogen-bond donors (Lipinski definition) is 0. The van der Waals surface area contributed by atoms with Crippen LogP contribution >= 0.6 is 0 Å². The van der Waals surface area contributed by atoms with E-state index in [0.717, 1.165) is 19.3 Å². The molecular formula is C25H30. The second-order valence-electron chi connectivity index (χ2n) is 6.80. The largest absolute Gasteiger partial charge is 0.0683 e. The summed E-state index contributed by atoms with van der Waals surface area (Å²) in [5.74, 6) is 0. The number of hydrogen-bond acceptors (Lipinski definition) is 0. The molecule has 0 saturated carbocycles. The van der Waals surface area contributed by atoms with Gasteiger partial charge >= 0.3 is 0 Å². The van der Waals surface area contributed by atoms with Gasteiger partial charge in [0.1, 0.15) is 0 Å². The van der Waals surface area contributed by atoms with E-state index in [-0.39, 0.29) is 5.41 Å². The highest BCUT2D eigenvalue weighted by Crippen LogP contribution is 2.31. The van der Waals surface area contributed by atoms with Gasteiger partial charge in [-0.3, -0.25) is 0 Å².